The fourth-order valence-electron chi connectivity index (χ4n) is 3.65. The molecule has 0 spiro atoms. The molecule has 1 aliphatic heterocycles. The first-order valence-electron chi connectivity index (χ1n) is 10.6. The van der Waals surface area contributed by atoms with Crippen molar-refractivity contribution < 1.29 is 4.79 Å². The second kappa shape index (κ2) is 14.1. The summed E-state index contributed by atoms with van der Waals surface area (Å²) >= 11 is 1.77. The third-order valence-electron chi connectivity index (χ3n) is 5.20. The average Bonchev–Trinajstić information content (AvgIpc) is 3.17. The molecule has 1 amide bonds. The van der Waals surface area contributed by atoms with Crippen LogP contribution in [0.25, 0.3) is 0 Å². The summed E-state index contributed by atoms with van der Waals surface area (Å²) in [5.74, 6) is 1.08. The van der Waals surface area contributed by atoms with Crippen LogP contribution in [0.5, 0.6) is 0 Å². The molecular formula is C22H38IN5OS. The maximum Gasteiger partial charge on any atom is 0.239 e. The number of likely N-dealkylation sites (tertiary alicyclic amines) is 1. The number of amides is 1. The highest BCUT2D eigenvalue weighted by molar-refractivity contribution is 14.0. The minimum absolute atomic E-state index is 0. The van der Waals surface area contributed by atoms with Gasteiger partial charge in [0.25, 0.3) is 0 Å². The van der Waals surface area contributed by atoms with E-state index in [0.29, 0.717) is 6.54 Å². The Morgan fingerprint density at radius 2 is 2.10 bits per heavy atom. The van der Waals surface area contributed by atoms with Crippen LogP contribution in [-0.2, 0) is 11.3 Å². The van der Waals surface area contributed by atoms with E-state index in [1.54, 1.807) is 16.7 Å². The molecule has 1 aromatic carbocycles. The van der Waals surface area contributed by atoms with Crippen LogP contribution in [0.4, 0.5) is 0 Å². The first kappa shape index (κ1) is 27.0. The first-order valence-corrected chi connectivity index (χ1v) is 11.8. The molecule has 0 radical (unpaired) electrons. The van der Waals surface area contributed by atoms with Gasteiger partial charge in [-0.2, -0.15) is 0 Å². The number of nitrogens with one attached hydrogen (secondary N) is 2. The number of likely N-dealkylation sites (N-methyl/N-ethyl adjacent to an activating group) is 1. The average molecular weight is 548 g/mol. The van der Waals surface area contributed by atoms with Crippen LogP contribution in [0, 0.1) is 6.92 Å². The van der Waals surface area contributed by atoms with E-state index in [1.165, 1.54) is 16.0 Å². The van der Waals surface area contributed by atoms with Crippen molar-refractivity contribution >= 4 is 47.6 Å². The number of carbonyl (C=O) groups is 1. The summed E-state index contributed by atoms with van der Waals surface area (Å²) in [6.07, 6.45) is 5.18. The number of thioether (sulfide) groups is 1. The SMILES string of the molecule is CCNC(=NCc1ccc(C)cc1SC)NCCCN1CCCC1C(=O)N(C)C.I. The molecule has 0 bridgehead atoms. The van der Waals surface area contributed by atoms with Crippen molar-refractivity contribution in [3.63, 3.8) is 0 Å². The second-order valence-corrected chi connectivity index (χ2v) is 8.57. The molecule has 30 heavy (non-hydrogen) atoms. The Hall–Kier alpha value is -1.00. The molecule has 8 heteroatoms. The number of rotatable bonds is 9. The monoisotopic (exact) mass is 547 g/mol. The van der Waals surface area contributed by atoms with Crippen molar-refractivity contribution in [2.24, 2.45) is 4.99 Å². The number of hydrogen-bond donors (Lipinski definition) is 2. The molecule has 1 fully saturated rings. The minimum Gasteiger partial charge on any atom is -0.357 e. The Labute approximate surface area is 203 Å². The zero-order valence-electron chi connectivity index (χ0n) is 19.0. The third-order valence-corrected chi connectivity index (χ3v) is 6.02. The number of aliphatic imine (C=N–C) groups is 1. The molecule has 1 saturated heterocycles. The van der Waals surface area contributed by atoms with Crippen LogP contribution >= 0.6 is 35.7 Å². The molecule has 6 nitrogen and oxygen atoms in total. The van der Waals surface area contributed by atoms with Gasteiger partial charge in [0.2, 0.25) is 5.91 Å². The van der Waals surface area contributed by atoms with Crippen LogP contribution in [0.3, 0.4) is 0 Å². The van der Waals surface area contributed by atoms with Crippen molar-refractivity contribution in [1.29, 1.82) is 0 Å². The largest absolute Gasteiger partial charge is 0.357 e. The van der Waals surface area contributed by atoms with E-state index in [2.05, 4.69) is 53.8 Å². The van der Waals surface area contributed by atoms with Gasteiger partial charge in [-0.15, -0.1) is 35.7 Å². The molecule has 1 unspecified atom stereocenters. The number of guanidine groups is 1. The number of halogens is 1. The van der Waals surface area contributed by atoms with Crippen molar-refractivity contribution in [2.45, 2.75) is 50.6 Å². The van der Waals surface area contributed by atoms with Crippen LogP contribution in [-0.4, -0.2) is 74.2 Å². The minimum atomic E-state index is 0. The van der Waals surface area contributed by atoms with Gasteiger partial charge in [0.05, 0.1) is 12.6 Å². The fraction of sp³-hybridized carbons (Fsp3) is 0.636. The van der Waals surface area contributed by atoms with Crippen LogP contribution in [0.1, 0.15) is 37.3 Å². The summed E-state index contributed by atoms with van der Waals surface area (Å²) in [7, 11) is 3.69. The second-order valence-electron chi connectivity index (χ2n) is 7.72. The number of benzene rings is 1. The molecule has 170 valence electrons. The number of hydrogen-bond acceptors (Lipinski definition) is 4. The number of carbonyl (C=O) groups excluding carboxylic acids is 1. The highest BCUT2D eigenvalue weighted by atomic mass is 127. The van der Waals surface area contributed by atoms with Gasteiger partial charge in [0.15, 0.2) is 5.96 Å². The highest BCUT2D eigenvalue weighted by Crippen LogP contribution is 2.22. The Kier molecular flexibility index (Phi) is 12.7. The zero-order chi connectivity index (χ0) is 21.2. The van der Waals surface area contributed by atoms with E-state index in [0.717, 1.165) is 51.4 Å². The molecule has 1 heterocycles. The van der Waals surface area contributed by atoms with Gasteiger partial charge in [0.1, 0.15) is 0 Å². The van der Waals surface area contributed by atoms with Crippen molar-refractivity contribution in [1.82, 2.24) is 20.4 Å². The van der Waals surface area contributed by atoms with Gasteiger partial charge in [-0.1, -0.05) is 12.1 Å². The summed E-state index contributed by atoms with van der Waals surface area (Å²) in [5, 5.41) is 6.77. The number of aryl methyl sites for hydroxylation is 1. The third kappa shape index (κ3) is 8.26. The Morgan fingerprint density at radius 3 is 2.77 bits per heavy atom. The Balaban J connectivity index is 0.00000450. The lowest BCUT2D eigenvalue weighted by atomic mass is 10.1. The van der Waals surface area contributed by atoms with Gasteiger partial charge in [-0.25, -0.2) is 4.99 Å². The van der Waals surface area contributed by atoms with Gasteiger partial charge in [-0.3, -0.25) is 9.69 Å². The predicted molar refractivity (Wildman–Crippen MR) is 139 cm³/mol. The fourth-order valence-corrected chi connectivity index (χ4v) is 4.35. The van der Waals surface area contributed by atoms with E-state index < -0.39 is 0 Å². The molecule has 1 atom stereocenters. The summed E-state index contributed by atoms with van der Waals surface area (Å²) in [6, 6.07) is 6.59. The molecular weight excluding hydrogens is 509 g/mol. The lowest BCUT2D eigenvalue weighted by molar-refractivity contribution is -0.133. The molecule has 0 aliphatic carbocycles. The topological polar surface area (TPSA) is 60.0 Å². The highest BCUT2D eigenvalue weighted by Gasteiger charge is 2.30. The van der Waals surface area contributed by atoms with Crippen LogP contribution in [0.15, 0.2) is 28.1 Å². The normalized spacial score (nSPS) is 16.8. The van der Waals surface area contributed by atoms with Crippen LogP contribution < -0.4 is 10.6 Å². The van der Waals surface area contributed by atoms with Gasteiger partial charge < -0.3 is 15.5 Å². The van der Waals surface area contributed by atoms with Crippen LogP contribution in [0.2, 0.25) is 0 Å². The van der Waals surface area contributed by atoms with Gasteiger partial charge in [0, 0.05) is 38.6 Å². The summed E-state index contributed by atoms with van der Waals surface area (Å²) < 4.78 is 0. The molecule has 2 N–H and O–H groups in total. The summed E-state index contributed by atoms with van der Waals surface area (Å²) in [6.45, 7) is 8.49. The van der Waals surface area contributed by atoms with Crippen molar-refractivity contribution in [3.05, 3.63) is 29.3 Å². The molecule has 0 saturated carbocycles. The van der Waals surface area contributed by atoms with E-state index in [4.69, 9.17) is 4.99 Å². The van der Waals surface area contributed by atoms with Gasteiger partial charge >= 0.3 is 0 Å². The van der Waals surface area contributed by atoms with Crippen molar-refractivity contribution in [2.75, 3.05) is 46.5 Å². The maximum absolute atomic E-state index is 12.3. The standard InChI is InChI=1S/C22H37N5OS.HI/c1-6-23-22(25-16-18-11-10-17(2)15-20(18)29-5)24-12-8-14-27-13-7-9-19(27)21(28)26(3)4;/h10-11,15,19H,6-9,12-14,16H2,1-5H3,(H2,23,24,25);1H. The molecule has 1 aromatic rings. The summed E-state index contributed by atoms with van der Waals surface area (Å²) in [5.41, 5.74) is 2.53. The lowest BCUT2D eigenvalue weighted by Gasteiger charge is -2.26. The maximum atomic E-state index is 12.3. The molecule has 0 aromatic heterocycles. The van der Waals surface area contributed by atoms with Crippen molar-refractivity contribution in [3.8, 4) is 0 Å². The smallest absolute Gasteiger partial charge is 0.239 e. The van der Waals surface area contributed by atoms with E-state index >= 15 is 0 Å². The molecule has 1 aliphatic rings. The first-order chi connectivity index (χ1) is 14.0. The predicted octanol–water partition coefficient (Wildman–Crippen LogP) is 3.33. The van der Waals surface area contributed by atoms with E-state index in [1.807, 2.05) is 14.1 Å². The Bertz CT molecular complexity index is 698. The zero-order valence-corrected chi connectivity index (χ0v) is 22.2. The number of nitrogens with zero attached hydrogens (tertiary/aromatic N) is 3. The van der Waals surface area contributed by atoms with Gasteiger partial charge in [-0.05, 0) is 63.1 Å². The quantitative estimate of drug-likeness (QED) is 0.163. The van der Waals surface area contributed by atoms with E-state index in [-0.39, 0.29) is 35.9 Å². The lowest BCUT2D eigenvalue weighted by Crippen LogP contribution is -2.44. The van der Waals surface area contributed by atoms with E-state index in [9.17, 15) is 4.79 Å². The molecule has 2 rings (SSSR count). The summed E-state index contributed by atoms with van der Waals surface area (Å²) in [4.78, 5) is 22.4. The Morgan fingerprint density at radius 1 is 1.33 bits per heavy atom.